The molecule has 0 atom stereocenters. The van der Waals surface area contributed by atoms with Crippen molar-refractivity contribution in [3.8, 4) is 0 Å². The van der Waals surface area contributed by atoms with Crippen LogP contribution in [-0.2, 0) is 14.3 Å². The van der Waals surface area contributed by atoms with Crippen molar-refractivity contribution >= 4 is 23.5 Å². The first-order valence-electron chi connectivity index (χ1n) is 8.23. The van der Waals surface area contributed by atoms with E-state index in [1.54, 1.807) is 0 Å². The first-order chi connectivity index (χ1) is 14.4. The summed E-state index contributed by atoms with van der Waals surface area (Å²) < 4.78 is 118. The van der Waals surface area contributed by atoms with Gasteiger partial charge in [0, 0.05) is 12.1 Å². The molecule has 0 amide bonds. The summed E-state index contributed by atoms with van der Waals surface area (Å²) in [6.07, 6.45) is -8.65. The summed E-state index contributed by atoms with van der Waals surface area (Å²) in [4.78, 5) is 32.9. The second-order valence-corrected chi connectivity index (χ2v) is 6.15. The highest BCUT2D eigenvalue weighted by Gasteiger charge is 2.81. The first-order valence-corrected chi connectivity index (χ1v) is 8.23. The van der Waals surface area contributed by atoms with E-state index >= 15 is 0 Å². The van der Waals surface area contributed by atoms with E-state index in [1.165, 1.54) is 12.1 Å². The van der Waals surface area contributed by atoms with Crippen LogP contribution in [0.1, 0.15) is 18.4 Å². The van der Waals surface area contributed by atoms with Gasteiger partial charge in [0.2, 0.25) is 0 Å². The summed E-state index contributed by atoms with van der Waals surface area (Å²) >= 11 is 0. The maximum Gasteiger partial charge on any atom is 0.460 e. The van der Waals surface area contributed by atoms with Crippen LogP contribution < -0.4 is 0 Å². The molecule has 0 aromatic heterocycles. The average Bonchev–Trinajstić information content (AvgIpc) is 2.65. The summed E-state index contributed by atoms with van der Waals surface area (Å²) in [5.74, 6) is -22.4. The summed E-state index contributed by atoms with van der Waals surface area (Å²) in [5.41, 5.74) is -0.138. The van der Waals surface area contributed by atoms with E-state index in [1.807, 2.05) is 0 Å². The summed E-state index contributed by atoms with van der Waals surface area (Å²) in [5, 5.41) is 10.6. The Balaban J connectivity index is 2.65. The number of ketones is 1. The summed E-state index contributed by atoms with van der Waals surface area (Å²) in [6, 6.07) is 4.87. The van der Waals surface area contributed by atoms with Gasteiger partial charge in [-0.25, -0.2) is 0 Å². The highest BCUT2D eigenvalue weighted by molar-refractivity contribution is 6.03. The van der Waals surface area contributed by atoms with Crippen molar-refractivity contribution in [2.45, 2.75) is 36.8 Å². The van der Waals surface area contributed by atoms with Gasteiger partial charge in [0.25, 0.3) is 5.69 Å². The second-order valence-electron chi connectivity index (χ2n) is 6.15. The third-order valence-electron chi connectivity index (χ3n) is 3.75. The predicted octanol–water partition coefficient (Wildman–Crippen LogP) is 4.97. The Labute approximate surface area is 172 Å². The van der Waals surface area contributed by atoms with Crippen molar-refractivity contribution in [1.82, 2.24) is 0 Å². The lowest BCUT2D eigenvalue weighted by atomic mass is 10.0. The van der Waals surface area contributed by atoms with Gasteiger partial charge >= 0.3 is 29.9 Å². The number of nitrogens with zero attached hydrogens (tertiary/aromatic N) is 1. The van der Waals surface area contributed by atoms with Gasteiger partial charge in [0.1, 0.15) is 6.42 Å². The summed E-state index contributed by atoms with van der Waals surface area (Å²) in [7, 11) is 0. The fraction of sp³-hybridized carbons (Fsp3) is 0.412. The Morgan fingerprint density at radius 1 is 1.00 bits per heavy atom. The molecule has 0 heterocycles. The number of rotatable bonds is 10. The van der Waals surface area contributed by atoms with Crippen LogP contribution in [-0.4, -0.2) is 47.2 Å². The number of hydrogen-bond donors (Lipinski definition) is 0. The Bertz CT molecular complexity index is 897. The number of esters is 1. The third kappa shape index (κ3) is 6.20. The van der Waals surface area contributed by atoms with E-state index in [4.69, 9.17) is 0 Å². The average molecular weight is 481 g/mol. The van der Waals surface area contributed by atoms with Gasteiger partial charge in [0.05, 0.1) is 18.0 Å². The maximum absolute atomic E-state index is 13.3. The number of alkyl halides is 9. The van der Waals surface area contributed by atoms with Crippen LogP contribution in [0.2, 0.25) is 0 Å². The van der Waals surface area contributed by atoms with Gasteiger partial charge in [-0.2, -0.15) is 39.5 Å². The fourth-order valence-corrected chi connectivity index (χ4v) is 2.04. The lowest BCUT2D eigenvalue weighted by Gasteiger charge is -2.33. The number of hydrogen-bond acceptors (Lipinski definition) is 5. The van der Waals surface area contributed by atoms with Crippen LogP contribution in [0.25, 0.3) is 6.08 Å². The molecule has 0 bridgehead atoms. The molecule has 0 N–H and O–H groups in total. The van der Waals surface area contributed by atoms with Gasteiger partial charge < -0.3 is 4.74 Å². The van der Waals surface area contributed by atoms with Crippen LogP contribution in [0.3, 0.4) is 0 Å². The van der Waals surface area contributed by atoms with Crippen molar-refractivity contribution in [2.24, 2.45) is 0 Å². The normalized spacial score (nSPS) is 13.3. The zero-order valence-corrected chi connectivity index (χ0v) is 15.5. The van der Waals surface area contributed by atoms with Crippen molar-refractivity contribution in [3.05, 3.63) is 46.0 Å². The van der Waals surface area contributed by atoms with Crippen molar-refractivity contribution in [3.63, 3.8) is 0 Å². The Morgan fingerprint density at radius 2 is 1.59 bits per heavy atom. The maximum atomic E-state index is 13.3. The zero-order chi connectivity index (χ0) is 25.0. The smallest absolute Gasteiger partial charge is 0.460 e. The standard InChI is InChI=1S/C17H12F9NO5/c18-14(19,15(20,21)16(22,23)17(24,25)26)6-7-32-13(29)9-12(28)5-4-10-2-1-3-11(8-10)27(30)31/h1-5,8H,6-7,9H2. The fourth-order valence-electron chi connectivity index (χ4n) is 2.04. The molecular weight excluding hydrogens is 469 g/mol. The lowest BCUT2D eigenvalue weighted by Crippen LogP contribution is -2.61. The lowest BCUT2D eigenvalue weighted by molar-refractivity contribution is -0.397. The molecule has 178 valence electrons. The minimum absolute atomic E-state index is 0.174. The topological polar surface area (TPSA) is 86.5 Å². The molecule has 1 aromatic rings. The molecule has 0 unspecified atom stereocenters. The quantitative estimate of drug-likeness (QED) is 0.118. The van der Waals surface area contributed by atoms with E-state index in [2.05, 4.69) is 4.74 Å². The van der Waals surface area contributed by atoms with E-state index in [0.29, 0.717) is 0 Å². The number of halogens is 9. The molecule has 32 heavy (non-hydrogen) atoms. The second kappa shape index (κ2) is 9.56. The van der Waals surface area contributed by atoms with Crippen molar-refractivity contribution in [2.75, 3.05) is 6.61 Å². The molecule has 0 aliphatic heterocycles. The number of carbonyl (C=O) groups is 2. The van der Waals surface area contributed by atoms with Gasteiger partial charge in [-0.1, -0.05) is 18.2 Å². The van der Waals surface area contributed by atoms with Crippen LogP contribution in [0.15, 0.2) is 30.3 Å². The number of non-ortho nitro benzene ring substituents is 1. The number of benzene rings is 1. The zero-order valence-electron chi connectivity index (χ0n) is 15.5. The summed E-state index contributed by atoms with van der Waals surface area (Å²) in [6.45, 7) is -1.68. The van der Waals surface area contributed by atoms with Crippen LogP contribution in [0.5, 0.6) is 0 Å². The van der Waals surface area contributed by atoms with Gasteiger partial charge in [-0.15, -0.1) is 0 Å². The molecule has 0 spiro atoms. The molecule has 0 saturated carbocycles. The SMILES string of the molecule is O=C(C=Cc1cccc([N+](=O)[O-])c1)CC(=O)OCCC(F)(F)C(F)(F)C(F)(F)C(F)(F)F. The number of allylic oxidation sites excluding steroid dienone is 1. The monoisotopic (exact) mass is 481 g/mol. The molecule has 6 nitrogen and oxygen atoms in total. The number of ether oxygens (including phenoxy) is 1. The van der Waals surface area contributed by atoms with Crippen LogP contribution >= 0.6 is 0 Å². The number of carbonyl (C=O) groups excluding carboxylic acids is 2. The Morgan fingerprint density at radius 3 is 2.12 bits per heavy atom. The van der Waals surface area contributed by atoms with Crippen LogP contribution in [0, 0.1) is 10.1 Å². The van der Waals surface area contributed by atoms with Gasteiger partial charge in [0.15, 0.2) is 5.78 Å². The van der Waals surface area contributed by atoms with E-state index in [0.717, 1.165) is 24.3 Å². The molecule has 1 rings (SSSR count). The minimum Gasteiger partial charge on any atom is -0.465 e. The highest BCUT2D eigenvalue weighted by atomic mass is 19.4. The Hall–Kier alpha value is -3.13. The van der Waals surface area contributed by atoms with Crippen molar-refractivity contribution < 1.29 is 58.8 Å². The van der Waals surface area contributed by atoms with E-state index in [9.17, 15) is 59.2 Å². The highest BCUT2D eigenvalue weighted by Crippen LogP contribution is 2.53. The van der Waals surface area contributed by atoms with Gasteiger partial charge in [-0.3, -0.25) is 19.7 Å². The molecule has 15 heteroatoms. The molecular formula is C17H12F9NO5. The molecule has 0 radical (unpaired) electrons. The largest absolute Gasteiger partial charge is 0.465 e. The van der Waals surface area contributed by atoms with E-state index in [-0.39, 0.29) is 11.3 Å². The first kappa shape index (κ1) is 26.9. The number of nitro groups is 1. The van der Waals surface area contributed by atoms with Gasteiger partial charge in [-0.05, 0) is 11.6 Å². The van der Waals surface area contributed by atoms with Crippen molar-refractivity contribution in [1.29, 1.82) is 0 Å². The van der Waals surface area contributed by atoms with Crippen LogP contribution in [0.4, 0.5) is 45.2 Å². The Kier molecular flexibility index (Phi) is 8.04. The molecule has 0 aliphatic carbocycles. The minimum atomic E-state index is -7.05. The third-order valence-corrected chi connectivity index (χ3v) is 3.75. The molecule has 1 aromatic carbocycles. The molecule has 0 aliphatic rings. The predicted molar refractivity (Wildman–Crippen MR) is 88.2 cm³/mol. The molecule has 0 fully saturated rings. The van der Waals surface area contributed by atoms with E-state index < -0.39 is 60.1 Å². The number of nitro benzene ring substituents is 1. The molecule has 0 saturated heterocycles.